The summed E-state index contributed by atoms with van der Waals surface area (Å²) in [5.41, 5.74) is -1.52. The molecule has 1 aromatic carbocycles. The Balaban J connectivity index is 2.31. The van der Waals surface area contributed by atoms with Crippen LogP contribution in [0.4, 0.5) is 20.2 Å². The lowest BCUT2D eigenvalue weighted by Crippen LogP contribution is -2.15. The van der Waals surface area contributed by atoms with E-state index in [0.29, 0.717) is 12.1 Å². The summed E-state index contributed by atoms with van der Waals surface area (Å²) in [5.74, 6) is -3.47. The van der Waals surface area contributed by atoms with Crippen molar-refractivity contribution in [2.75, 3.05) is 5.32 Å². The van der Waals surface area contributed by atoms with Crippen LogP contribution in [-0.4, -0.2) is 20.8 Å². The predicted octanol–water partition coefficient (Wildman–Crippen LogP) is 1.92. The van der Waals surface area contributed by atoms with Gasteiger partial charge in [0.05, 0.1) is 34.6 Å². The van der Waals surface area contributed by atoms with E-state index in [2.05, 4.69) is 15.3 Å². The fourth-order valence-electron chi connectivity index (χ4n) is 1.41. The molecule has 0 saturated heterocycles. The maximum atomic E-state index is 13.6. The molecule has 1 heterocycles. The minimum Gasteiger partial charge on any atom is -0.319 e. The first kappa shape index (κ1) is 13.5. The van der Waals surface area contributed by atoms with Crippen molar-refractivity contribution in [3.05, 3.63) is 58.2 Å². The van der Waals surface area contributed by atoms with Gasteiger partial charge in [0.1, 0.15) is 12.1 Å². The normalized spacial score (nSPS) is 10.1. The van der Waals surface area contributed by atoms with Gasteiger partial charge in [-0.25, -0.2) is 14.4 Å². The van der Waals surface area contributed by atoms with Crippen LogP contribution in [0.5, 0.6) is 0 Å². The first-order valence-electron chi connectivity index (χ1n) is 5.19. The molecule has 0 aliphatic heterocycles. The molecule has 9 heteroatoms. The molecule has 0 spiro atoms. The Labute approximate surface area is 110 Å². The van der Waals surface area contributed by atoms with Crippen molar-refractivity contribution in [3.8, 4) is 0 Å². The summed E-state index contributed by atoms with van der Waals surface area (Å²) in [6.07, 6.45) is 3.73. The number of halogens is 2. The number of nitrogens with one attached hydrogen (secondary N) is 1. The Hall–Kier alpha value is -2.97. The Bertz CT molecular complexity index is 679. The van der Waals surface area contributed by atoms with Crippen LogP contribution in [-0.2, 0) is 0 Å². The summed E-state index contributed by atoms with van der Waals surface area (Å²) in [4.78, 5) is 28.3. The summed E-state index contributed by atoms with van der Waals surface area (Å²) in [5, 5.41) is 12.7. The van der Waals surface area contributed by atoms with Crippen LogP contribution >= 0.6 is 0 Å². The zero-order chi connectivity index (χ0) is 14.7. The Morgan fingerprint density at radius 2 is 1.85 bits per heavy atom. The number of nitrogens with zero attached hydrogens (tertiary/aromatic N) is 3. The quantitative estimate of drug-likeness (QED) is 0.684. The van der Waals surface area contributed by atoms with Crippen LogP contribution in [0.25, 0.3) is 0 Å². The second kappa shape index (κ2) is 5.34. The molecule has 0 saturated carbocycles. The molecule has 1 aromatic heterocycles. The van der Waals surface area contributed by atoms with E-state index in [1.165, 1.54) is 18.7 Å². The molecular formula is C11H6F2N4O3. The van der Waals surface area contributed by atoms with Gasteiger partial charge in [-0.15, -0.1) is 0 Å². The summed E-state index contributed by atoms with van der Waals surface area (Å²) in [6, 6.07) is 0.818. The first-order valence-corrected chi connectivity index (χ1v) is 5.19. The molecule has 7 nitrogen and oxygen atoms in total. The number of aromatic nitrogens is 2. The van der Waals surface area contributed by atoms with Crippen LogP contribution in [0.3, 0.4) is 0 Å². The molecule has 0 fully saturated rings. The molecule has 0 radical (unpaired) electrons. The van der Waals surface area contributed by atoms with Crippen molar-refractivity contribution in [1.29, 1.82) is 0 Å². The molecule has 0 aliphatic carbocycles. The van der Waals surface area contributed by atoms with Gasteiger partial charge in [0, 0.05) is 0 Å². The number of carbonyl (C=O) groups is 1. The van der Waals surface area contributed by atoms with Crippen molar-refractivity contribution < 1.29 is 18.5 Å². The van der Waals surface area contributed by atoms with E-state index >= 15 is 0 Å². The van der Waals surface area contributed by atoms with Gasteiger partial charge in [0.25, 0.3) is 5.91 Å². The highest BCUT2D eigenvalue weighted by molar-refractivity contribution is 6.04. The standard InChI is InChI=1S/C11H6F2N4O3/c12-8-2-10(17(19)20)9(13)1-7(8)11(18)16-6-3-14-5-15-4-6/h1-5H,(H,16,18). The van der Waals surface area contributed by atoms with Crippen LogP contribution in [0.1, 0.15) is 10.4 Å². The highest BCUT2D eigenvalue weighted by Gasteiger charge is 2.22. The van der Waals surface area contributed by atoms with Crippen molar-refractivity contribution in [1.82, 2.24) is 9.97 Å². The molecule has 20 heavy (non-hydrogen) atoms. The number of hydrogen-bond donors (Lipinski definition) is 1. The summed E-state index contributed by atoms with van der Waals surface area (Å²) < 4.78 is 26.9. The van der Waals surface area contributed by atoms with Gasteiger partial charge in [-0.3, -0.25) is 14.9 Å². The molecule has 0 unspecified atom stereocenters. The number of benzene rings is 1. The zero-order valence-corrected chi connectivity index (χ0v) is 9.71. The van der Waals surface area contributed by atoms with E-state index in [9.17, 15) is 23.7 Å². The smallest absolute Gasteiger partial charge is 0.307 e. The second-order valence-electron chi connectivity index (χ2n) is 3.62. The number of rotatable bonds is 3. The average Bonchev–Trinajstić information content (AvgIpc) is 2.41. The molecule has 2 aromatic rings. The van der Waals surface area contributed by atoms with Gasteiger partial charge in [0.2, 0.25) is 5.82 Å². The highest BCUT2D eigenvalue weighted by Crippen LogP contribution is 2.22. The number of hydrogen-bond acceptors (Lipinski definition) is 5. The van der Waals surface area contributed by atoms with E-state index in [0.717, 1.165) is 0 Å². The second-order valence-corrected chi connectivity index (χ2v) is 3.62. The van der Waals surface area contributed by atoms with Crippen molar-refractivity contribution >= 4 is 17.3 Å². The van der Waals surface area contributed by atoms with Crippen LogP contribution in [0, 0.1) is 21.7 Å². The summed E-state index contributed by atoms with van der Waals surface area (Å²) in [7, 11) is 0. The van der Waals surface area contributed by atoms with E-state index in [4.69, 9.17) is 0 Å². The van der Waals surface area contributed by atoms with E-state index in [1.54, 1.807) is 0 Å². The number of nitro groups is 1. The van der Waals surface area contributed by atoms with Gasteiger partial charge < -0.3 is 5.32 Å². The third-order valence-corrected chi connectivity index (χ3v) is 2.30. The first-order chi connectivity index (χ1) is 9.49. The van der Waals surface area contributed by atoms with Crippen molar-refractivity contribution in [2.45, 2.75) is 0 Å². The van der Waals surface area contributed by atoms with Gasteiger partial charge in [-0.05, 0) is 6.07 Å². The lowest BCUT2D eigenvalue weighted by Gasteiger charge is -2.05. The third kappa shape index (κ3) is 2.71. The topological polar surface area (TPSA) is 98.0 Å². The number of carbonyl (C=O) groups excluding carboxylic acids is 1. The molecule has 0 aliphatic rings. The van der Waals surface area contributed by atoms with Crippen molar-refractivity contribution in [3.63, 3.8) is 0 Å². The Morgan fingerprint density at radius 3 is 2.45 bits per heavy atom. The van der Waals surface area contributed by atoms with E-state index < -0.39 is 33.7 Å². The molecular weight excluding hydrogens is 274 g/mol. The van der Waals surface area contributed by atoms with E-state index in [1.807, 2.05) is 0 Å². The number of anilines is 1. The Morgan fingerprint density at radius 1 is 1.20 bits per heavy atom. The number of nitro benzene ring substituents is 1. The maximum Gasteiger partial charge on any atom is 0.307 e. The van der Waals surface area contributed by atoms with Gasteiger partial charge in [-0.1, -0.05) is 0 Å². The van der Waals surface area contributed by atoms with Crippen LogP contribution in [0.2, 0.25) is 0 Å². The summed E-state index contributed by atoms with van der Waals surface area (Å²) >= 11 is 0. The highest BCUT2D eigenvalue weighted by atomic mass is 19.1. The predicted molar refractivity (Wildman–Crippen MR) is 63.0 cm³/mol. The van der Waals surface area contributed by atoms with Crippen molar-refractivity contribution in [2.24, 2.45) is 0 Å². The van der Waals surface area contributed by atoms with E-state index in [-0.39, 0.29) is 5.69 Å². The van der Waals surface area contributed by atoms with Gasteiger partial charge in [0.15, 0.2) is 0 Å². The molecule has 0 bridgehead atoms. The SMILES string of the molecule is O=C(Nc1cncnc1)c1cc(F)c([N+](=O)[O-])cc1F. The molecule has 102 valence electrons. The fourth-order valence-corrected chi connectivity index (χ4v) is 1.41. The zero-order valence-electron chi connectivity index (χ0n) is 9.71. The van der Waals surface area contributed by atoms with Gasteiger partial charge >= 0.3 is 5.69 Å². The molecule has 2 rings (SSSR count). The Kier molecular flexibility index (Phi) is 3.60. The average molecular weight is 280 g/mol. The largest absolute Gasteiger partial charge is 0.319 e. The minimum absolute atomic E-state index is 0.177. The molecule has 1 N–H and O–H groups in total. The van der Waals surface area contributed by atoms with Crippen LogP contribution < -0.4 is 5.32 Å². The molecule has 1 amide bonds. The lowest BCUT2D eigenvalue weighted by atomic mass is 10.1. The van der Waals surface area contributed by atoms with Gasteiger partial charge in [-0.2, -0.15) is 4.39 Å². The lowest BCUT2D eigenvalue weighted by molar-refractivity contribution is -0.387. The minimum atomic E-state index is -1.30. The van der Waals surface area contributed by atoms with Crippen LogP contribution in [0.15, 0.2) is 30.9 Å². The monoisotopic (exact) mass is 280 g/mol. The fraction of sp³-hybridized carbons (Fsp3) is 0. The third-order valence-electron chi connectivity index (χ3n) is 2.30. The summed E-state index contributed by atoms with van der Waals surface area (Å²) in [6.45, 7) is 0. The molecule has 0 atom stereocenters. The maximum absolute atomic E-state index is 13.6. The number of amides is 1.